The fourth-order valence-electron chi connectivity index (χ4n) is 1.68. The van der Waals surface area contributed by atoms with E-state index in [1.807, 2.05) is 35.8 Å². The van der Waals surface area contributed by atoms with Crippen molar-refractivity contribution in [3.05, 3.63) is 41.2 Å². The molecule has 0 radical (unpaired) electrons. The van der Waals surface area contributed by atoms with Gasteiger partial charge in [-0.15, -0.1) is 10.2 Å². The zero-order valence-corrected chi connectivity index (χ0v) is 11.5. The number of nitrogens with zero attached hydrogens (tertiary/aromatic N) is 4. The lowest BCUT2D eigenvalue weighted by Crippen LogP contribution is -2.12. The average molecular weight is 273 g/mol. The van der Waals surface area contributed by atoms with Crippen LogP contribution in [0.15, 0.2) is 29.4 Å². The maximum absolute atomic E-state index is 8.75. The predicted octanol–water partition coefficient (Wildman–Crippen LogP) is 1.71. The number of aromatic nitrogens is 3. The quantitative estimate of drug-likeness (QED) is 0.839. The average Bonchev–Trinajstić information content (AvgIpc) is 2.79. The van der Waals surface area contributed by atoms with Gasteiger partial charge in [-0.1, -0.05) is 23.9 Å². The molecule has 0 saturated heterocycles. The van der Waals surface area contributed by atoms with Crippen LogP contribution in [0.2, 0.25) is 0 Å². The third kappa shape index (κ3) is 3.34. The molecule has 2 rings (SSSR count). The summed E-state index contributed by atoms with van der Waals surface area (Å²) in [5.41, 5.74) is 7.41. The van der Waals surface area contributed by atoms with Gasteiger partial charge in [-0.05, 0) is 24.6 Å². The lowest BCUT2D eigenvalue weighted by Gasteiger charge is -2.06. The van der Waals surface area contributed by atoms with E-state index in [4.69, 9.17) is 11.0 Å². The van der Waals surface area contributed by atoms with Crippen molar-refractivity contribution in [1.82, 2.24) is 14.8 Å². The minimum atomic E-state index is 0.573. The second-order valence-corrected chi connectivity index (χ2v) is 5.01. The Labute approximate surface area is 116 Å². The fourth-order valence-corrected chi connectivity index (χ4v) is 2.64. The summed E-state index contributed by atoms with van der Waals surface area (Å²) in [6.07, 6.45) is 0. The first-order valence-electron chi connectivity index (χ1n) is 5.96. The Balaban J connectivity index is 2.04. The van der Waals surface area contributed by atoms with Gasteiger partial charge in [-0.3, -0.25) is 0 Å². The third-order valence-electron chi connectivity index (χ3n) is 2.71. The minimum Gasteiger partial charge on any atom is -0.329 e. The zero-order chi connectivity index (χ0) is 13.7. The molecule has 0 aliphatic heterocycles. The Morgan fingerprint density at radius 2 is 2.05 bits per heavy atom. The summed E-state index contributed by atoms with van der Waals surface area (Å²) in [6.45, 7) is 3.23. The molecule has 19 heavy (non-hydrogen) atoms. The number of hydrogen-bond donors (Lipinski definition) is 1. The van der Waals surface area contributed by atoms with Crippen molar-refractivity contribution in [1.29, 1.82) is 5.26 Å². The van der Waals surface area contributed by atoms with Crippen LogP contribution in [0.1, 0.15) is 17.0 Å². The molecule has 0 aliphatic rings. The molecule has 0 amide bonds. The van der Waals surface area contributed by atoms with Crippen molar-refractivity contribution in [2.24, 2.45) is 5.73 Å². The standard InChI is InChI=1S/C13H15N5S/c1-10-16-17-13(18(10)7-6-14)19-9-12-4-2-11(8-15)3-5-12/h2-5H,6-7,9,14H2,1H3. The van der Waals surface area contributed by atoms with Crippen LogP contribution in [0.3, 0.4) is 0 Å². The van der Waals surface area contributed by atoms with Crippen LogP contribution in [0, 0.1) is 18.3 Å². The van der Waals surface area contributed by atoms with Gasteiger partial charge < -0.3 is 10.3 Å². The first kappa shape index (κ1) is 13.6. The summed E-state index contributed by atoms with van der Waals surface area (Å²) in [4.78, 5) is 0. The molecule has 1 heterocycles. The van der Waals surface area contributed by atoms with Gasteiger partial charge in [0, 0.05) is 18.8 Å². The Hall–Kier alpha value is -1.84. The second kappa shape index (κ2) is 6.36. The maximum Gasteiger partial charge on any atom is 0.191 e. The van der Waals surface area contributed by atoms with Crippen molar-refractivity contribution in [3.8, 4) is 6.07 Å². The molecule has 2 aromatic rings. The molecule has 0 saturated carbocycles. The van der Waals surface area contributed by atoms with Crippen molar-refractivity contribution < 1.29 is 0 Å². The van der Waals surface area contributed by atoms with E-state index in [0.29, 0.717) is 12.1 Å². The Morgan fingerprint density at radius 3 is 2.68 bits per heavy atom. The Bertz CT molecular complexity index is 582. The molecular formula is C13H15N5S. The summed E-state index contributed by atoms with van der Waals surface area (Å²) in [6, 6.07) is 9.68. The van der Waals surface area contributed by atoms with Gasteiger partial charge in [-0.2, -0.15) is 5.26 Å². The van der Waals surface area contributed by atoms with E-state index in [0.717, 1.165) is 28.8 Å². The van der Waals surface area contributed by atoms with E-state index < -0.39 is 0 Å². The number of benzene rings is 1. The SMILES string of the molecule is Cc1nnc(SCc2ccc(C#N)cc2)n1CCN. The van der Waals surface area contributed by atoms with E-state index >= 15 is 0 Å². The monoisotopic (exact) mass is 273 g/mol. The van der Waals surface area contributed by atoms with E-state index in [1.54, 1.807) is 11.8 Å². The van der Waals surface area contributed by atoms with Crippen LogP contribution in [-0.4, -0.2) is 21.3 Å². The smallest absolute Gasteiger partial charge is 0.191 e. The molecule has 1 aromatic heterocycles. The molecule has 0 atom stereocenters. The lowest BCUT2D eigenvalue weighted by molar-refractivity contribution is 0.627. The van der Waals surface area contributed by atoms with Gasteiger partial charge in [0.05, 0.1) is 11.6 Å². The van der Waals surface area contributed by atoms with E-state index in [-0.39, 0.29) is 0 Å². The summed E-state index contributed by atoms with van der Waals surface area (Å²) in [5.74, 6) is 1.68. The van der Waals surface area contributed by atoms with Gasteiger partial charge in [-0.25, -0.2) is 0 Å². The largest absolute Gasteiger partial charge is 0.329 e. The van der Waals surface area contributed by atoms with Crippen LogP contribution >= 0.6 is 11.8 Å². The van der Waals surface area contributed by atoms with Crippen LogP contribution in [0.4, 0.5) is 0 Å². The summed E-state index contributed by atoms with van der Waals surface area (Å²) < 4.78 is 2.02. The highest BCUT2D eigenvalue weighted by atomic mass is 32.2. The first-order chi connectivity index (χ1) is 9.24. The molecule has 0 fully saturated rings. The Morgan fingerprint density at radius 1 is 1.32 bits per heavy atom. The van der Waals surface area contributed by atoms with Crippen molar-refractivity contribution in [2.75, 3.05) is 6.54 Å². The molecule has 0 bridgehead atoms. The van der Waals surface area contributed by atoms with Gasteiger partial charge in [0.25, 0.3) is 0 Å². The predicted molar refractivity (Wildman–Crippen MR) is 74.5 cm³/mol. The van der Waals surface area contributed by atoms with E-state index in [2.05, 4.69) is 16.3 Å². The fraction of sp³-hybridized carbons (Fsp3) is 0.308. The molecule has 98 valence electrons. The van der Waals surface area contributed by atoms with E-state index in [9.17, 15) is 0 Å². The minimum absolute atomic E-state index is 0.573. The van der Waals surface area contributed by atoms with Crippen LogP contribution in [0.5, 0.6) is 0 Å². The highest BCUT2D eigenvalue weighted by molar-refractivity contribution is 7.98. The van der Waals surface area contributed by atoms with Crippen molar-refractivity contribution in [2.45, 2.75) is 24.4 Å². The molecular weight excluding hydrogens is 258 g/mol. The zero-order valence-electron chi connectivity index (χ0n) is 10.7. The molecule has 0 aliphatic carbocycles. The van der Waals surface area contributed by atoms with Gasteiger partial charge in [0.1, 0.15) is 5.82 Å². The topological polar surface area (TPSA) is 80.5 Å². The number of rotatable bonds is 5. The highest BCUT2D eigenvalue weighted by Gasteiger charge is 2.08. The summed E-state index contributed by atoms with van der Waals surface area (Å²) in [7, 11) is 0. The molecule has 0 spiro atoms. The van der Waals surface area contributed by atoms with Crippen LogP contribution in [-0.2, 0) is 12.3 Å². The first-order valence-corrected chi connectivity index (χ1v) is 6.95. The number of nitriles is 1. The molecule has 2 N–H and O–H groups in total. The molecule has 1 aromatic carbocycles. The molecule has 6 heteroatoms. The molecule has 0 unspecified atom stereocenters. The summed E-state index contributed by atoms with van der Waals surface area (Å²) >= 11 is 1.63. The second-order valence-electron chi connectivity index (χ2n) is 4.07. The van der Waals surface area contributed by atoms with Crippen molar-refractivity contribution >= 4 is 11.8 Å². The molecule has 5 nitrogen and oxygen atoms in total. The summed E-state index contributed by atoms with van der Waals surface area (Å²) in [5, 5.41) is 17.8. The lowest BCUT2D eigenvalue weighted by atomic mass is 10.2. The maximum atomic E-state index is 8.75. The number of nitrogens with two attached hydrogens (primary N) is 1. The van der Waals surface area contributed by atoms with Crippen LogP contribution in [0.25, 0.3) is 0 Å². The van der Waals surface area contributed by atoms with Crippen LogP contribution < -0.4 is 5.73 Å². The number of hydrogen-bond acceptors (Lipinski definition) is 5. The number of thioether (sulfide) groups is 1. The van der Waals surface area contributed by atoms with Gasteiger partial charge in [0.2, 0.25) is 0 Å². The third-order valence-corrected chi connectivity index (χ3v) is 3.74. The van der Waals surface area contributed by atoms with Gasteiger partial charge >= 0.3 is 0 Å². The van der Waals surface area contributed by atoms with Crippen molar-refractivity contribution in [3.63, 3.8) is 0 Å². The van der Waals surface area contributed by atoms with E-state index in [1.165, 1.54) is 0 Å². The van der Waals surface area contributed by atoms with Gasteiger partial charge in [0.15, 0.2) is 5.16 Å². The number of aryl methyl sites for hydroxylation is 1. The normalized spacial score (nSPS) is 10.4. The Kier molecular flexibility index (Phi) is 4.55. The highest BCUT2D eigenvalue weighted by Crippen LogP contribution is 2.21.